The monoisotopic (exact) mass is 368 g/mol. The number of esters is 2. The minimum Gasteiger partial charge on any atom is -0.496 e. The summed E-state index contributed by atoms with van der Waals surface area (Å²) < 4.78 is 21.8. The van der Waals surface area contributed by atoms with Crippen LogP contribution in [-0.4, -0.2) is 25.3 Å². The first kappa shape index (κ1) is 18.2. The summed E-state index contributed by atoms with van der Waals surface area (Å²) in [6, 6.07) is 8.38. The van der Waals surface area contributed by atoms with Crippen molar-refractivity contribution in [3.8, 4) is 23.0 Å². The van der Waals surface area contributed by atoms with E-state index in [-0.39, 0.29) is 34.1 Å². The third-order valence-corrected chi connectivity index (χ3v) is 3.75. The topological polar surface area (TPSA) is 88.1 Å². The van der Waals surface area contributed by atoms with Crippen LogP contribution in [0.5, 0.6) is 23.0 Å². The van der Waals surface area contributed by atoms with E-state index in [4.69, 9.17) is 18.9 Å². The minimum absolute atomic E-state index is 0.0419. The molecule has 1 aliphatic rings. The first-order valence-corrected chi connectivity index (χ1v) is 8.00. The van der Waals surface area contributed by atoms with E-state index in [0.29, 0.717) is 17.6 Å². The lowest BCUT2D eigenvalue weighted by atomic mass is 10.0. The lowest BCUT2D eigenvalue weighted by molar-refractivity contribution is -0.134. The lowest BCUT2D eigenvalue weighted by Crippen LogP contribution is -2.09. The highest BCUT2D eigenvalue weighted by molar-refractivity contribution is 5.96. The van der Waals surface area contributed by atoms with E-state index in [1.807, 2.05) is 0 Å². The lowest BCUT2D eigenvalue weighted by Gasteiger charge is -2.18. The molecule has 1 heterocycles. The molecule has 27 heavy (non-hydrogen) atoms. The predicted molar refractivity (Wildman–Crippen MR) is 95.8 cm³/mol. The van der Waals surface area contributed by atoms with E-state index in [0.717, 1.165) is 0 Å². The maximum atomic E-state index is 11.7. The summed E-state index contributed by atoms with van der Waals surface area (Å²) in [7, 11) is 1.37. The van der Waals surface area contributed by atoms with Gasteiger partial charge in [0, 0.05) is 25.5 Å². The molecule has 0 aliphatic carbocycles. The number of hydrogen-bond acceptors (Lipinski definition) is 7. The predicted octanol–water partition coefficient (Wildman–Crippen LogP) is 3.60. The van der Waals surface area contributed by atoms with Crippen LogP contribution in [0, 0.1) is 0 Å². The number of para-hydroxylation sites is 1. The molecule has 0 saturated heterocycles. The van der Waals surface area contributed by atoms with Gasteiger partial charge in [0.1, 0.15) is 34.1 Å². The molecule has 2 aromatic rings. The van der Waals surface area contributed by atoms with Crippen LogP contribution < -0.4 is 14.2 Å². The van der Waals surface area contributed by atoms with Crippen LogP contribution in [0.15, 0.2) is 30.3 Å². The van der Waals surface area contributed by atoms with Gasteiger partial charge < -0.3 is 18.9 Å². The molecule has 0 amide bonds. The largest absolute Gasteiger partial charge is 0.496 e. The van der Waals surface area contributed by atoms with Crippen LogP contribution in [0.4, 0.5) is 0 Å². The fourth-order valence-corrected chi connectivity index (χ4v) is 2.73. The van der Waals surface area contributed by atoms with Gasteiger partial charge in [-0.3, -0.25) is 14.4 Å². The molecule has 0 radical (unpaired) electrons. The van der Waals surface area contributed by atoms with Crippen molar-refractivity contribution in [3.05, 3.63) is 47.0 Å². The molecule has 3 rings (SSSR count). The Labute approximate surface area is 155 Å². The van der Waals surface area contributed by atoms with E-state index >= 15 is 0 Å². The first-order chi connectivity index (χ1) is 12.9. The second-order valence-electron chi connectivity index (χ2n) is 5.65. The number of rotatable bonds is 4. The number of hydrogen-bond donors (Lipinski definition) is 0. The van der Waals surface area contributed by atoms with Gasteiger partial charge in [0.05, 0.1) is 7.11 Å². The van der Waals surface area contributed by atoms with E-state index in [1.165, 1.54) is 27.0 Å². The first-order valence-electron chi connectivity index (χ1n) is 8.00. The molecular formula is C20H16O7. The number of ether oxygens (including phenoxy) is 4. The highest BCUT2D eigenvalue weighted by atomic mass is 16.6. The zero-order valence-electron chi connectivity index (χ0n) is 14.9. The van der Waals surface area contributed by atoms with Crippen molar-refractivity contribution in [2.24, 2.45) is 0 Å². The number of carbonyl (C=O) groups excluding carboxylic acids is 3. The molecule has 7 heteroatoms. The molecule has 0 unspecified atom stereocenters. The fraction of sp³-hybridized carbons (Fsp3) is 0.150. The smallest absolute Gasteiger partial charge is 0.308 e. The Morgan fingerprint density at radius 3 is 2.37 bits per heavy atom. The van der Waals surface area contributed by atoms with Gasteiger partial charge in [0.15, 0.2) is 12.0 Å². The molecule has 7 nitrogen and oxygen atoms in total. The van der Waals surface area contributed by atoms with Gasteiger partial charge in [-0.2, -0.15) is 0 Å². The van der Waals surface area contributed by atoms with Gasteiger partial charge in [0.25, 0.3) is 0 Å². The van der Waals surface area contributed by atoms with E-state index in [1.54, 1.807) is 30.3 Å². The quantitative estimate of drug-likeness (QED) is 0.463. The van der Waals surface area contributed by atoms with E-state index < -0.39 is 11.9 Å². The number of aldehydes is 1. The molecule has 0 spiro atoms. The Morgan fingerprint density at radius 1 is 1.04 bits per heavy atom. The second-order valence-corrected chi connectivity index (χ2v) is 5.65. The maximum absolute atomic E-state index is 11.7. The van der Waals surface area contributed by atoms with Gasteiger partial charge >= 0.3 is 11.9 Å². The van der Waals surface area contributed by atoms with Crippen LogP contribution >= 0.6 is 0 Å². The second kappa shape index (κ2) is 7.33. The normalized spacial score (nSPS) is 11.7. The van der Waals surface area contributed by atoms with Crippen molar-refractivity contribution in [2.45, 2.75) is 13.8 Å². The van der Waals surface area contributed by atoms with Gasteiger partial charge in [-0.25, -0.2) is 0 Å². The third kappa shape index (κ3) is 3.52. The SMILES string of the molecule is COc1cc(OC(C)=O)c2c(c1C=O)Oc1ccccc1C=C2OC(C)=O. The highest BCUT2D eigenvalue weighted by Gasteiger charge is 2.29. The van der Waals surface area contributed by atoms with Crippen molar-refractivity contribution >= 4 is 30.1 Å². The molecule has 1 aliphatic heterocycles. The summed E-state index contributed by atoms with van der Waals surface area (Å²) in [6.07, 6.45) is 2.14. The van der Waals surface area contributed by atoms with Gasteiger partial charge in [-0.15, -0.1) is 0 Å². The Balaban J connectivity index is 2.38. The third-order valence-electron chi connectivity index (χ3n) is 3.75. The van der Waals surface area contributed by atoms with Gasteiger partial charge in [-0.1, -0.05) is 18.2 Å². The summed E-state index contributed by atoms with van der Waals surface area (Å²) in [5.41, 5.74) is 0.882. The number of benzene rings is 2. The number of carbonyl (C=O) groups is 3. The number of fused-ring (bicyclic) bond motifs is 2. The van der Waals surface area contributed by atoms with Crippen LogP contribution in [0.2, 0.25) is 0 Å². The summed E-state index contributed by atoms with van der Waals surface area (Å²) in [4.78, 5) is 35.0. The molecule has 0 aromatic heterocycles. The van der Waals surface area contributed by atoms with Gasteiger partial charge in [-0.05, 0) is 12.1 Å². The van der Waals surface area contributed by atoms with Crippen LogP contribution in [-0.2, 0) is 14.3 Å². The van der Waals surface area contributed by atoms with Crippen molar-refractivity contribution in [1.29, 1.82) is 0 Å². The van der Waals surface area contributed by atoms with Crippen LogP contribution in [0.25, 0.3) is 11.8 Å². The van der Waals surface area contributed by atoms with Crippen LogP contribution in [0.1, 0.15) is 35.3 Å². The highest BCUT2D eigenvalue weighted by Crippen LogP contribution is 2.47. The molecule has 0 bridgehead atoms. The fourth-order valence-electron chi connectivity index (χ4n) is 2.73. The van der Waals surface area contributed by atoms with E-state index in [9.17, 15) is 14.4 Å². The molecule has 0 atom stereocenters. The Hall–Kier alpha value is -3.61. The van der Waals surface area contributed by atoms with E-state index in [2.05, 4.69) is 0 Å². The average Bonchev–Trinajstić information content (AvgIpc) is 2.77. The molecule has 2 aromatic carbocycles. The summed E-state index contributed by atoms with van der Waals surface area (Å²) >= 11 is 0. The molecule has 0 N–H and O–H groups in total. The zero-order valence-corrected chi connectivity index (χ0v) is 14.9. The Kier molecular flexibility index (Phi) is 4.94. The van der Waals surface area contributed by atoms with Crippen molar-refractivity contribution in [2.75, 3.05) is 7.11 Å². The van der Waals surface area contributed by atoms with Crippen molar-refractivity contribution < 1.29 is 33.3 Å². The molecule has 0 saturated carbocycles. The maximum Gasteiger partial charge on any atom is 0.308 e. The Morgan fingerprint density at radius 2 is 1.74 bits per heavy atom. The van der Waals surface area contributed by atoms with Crippen molar-refractivity contribution in [1.82, 2.24) is 0 Å². The number of methoxy groups -OCH3 is 1. The molecular weight excluding hydrogens is 352 g/mol. The summed E-state index contributed by atoms with van der Waals surface area (Å²) in [5, 5.41) is 0. The molecule has 0 fully saturated rings. The zero-order chi connectivity index (χ0) is 19.6. The van der Waals surface area contributed by atoms with Crippen molar-refractivity contribution in [3.63, 3.8) is 0 Å². The summed E-state index contributed by atoms with van der Waals surface area (Å²) in [5.74, 6) is -0.388. The molecule has 138 valence electrons. The average molecular weight is 368 g/mol. The van der Waals surface area contributed by atoms with Gasteiger partial charge in [0.2, 0.25) is 0 Å². The minimum atomic E-state index is -0.595. The van der Waals surface area contributed by atoms with Crippen LogP contribution in [0.3, 0.4) is 0 Å². The standard InChI is InChI=1S/C20H16O7/c1-11(22)25-17-8-13-6-4-5-7-15(13)27-20-14(10-21)16(24-3)9-18(19(17)20)26-12(2)23/h4-10H,1-3H3. The Bertz CT molecular complexity index is 973. The summed E-state index contributed by atoms with van der Waals surface area (Å²) in [6.45, 7) is 2.47.